The Morgan fingerprint density at radius 2 is 2.16 bits per heavy atom. The molecule has 31 heavy (non-hydrogen) atoms. The predicted octanol–water partition coefficient (Wildman–Crippen LogP) is 2.34. The third kappa shape index (κ3) is 3.63. The summed E-state index contributed by atoms with van der Waals surface area (Å²) in [5.41, 5.74) is 1.09. The molecule has 5 rings (SSSR count). The van der Waals surface area contributed by atoms with E-state index in [4.69, 9.17) is 0 Å². The molecule has 1 aliphatic carbocycles. The molecular weight excluding hydrogens is 399 g/mol. The number of carbonyl (C=O) groups is 1. The molecule has 1 amide bonds. The molecule has 0 aromatic carbocycles. The fourth-order valence-electron chi connectivity index (χ4n) is 4.75. The van der Waals surface area contributed by atoms with Crippen molar-refractivity contribution in [2.45, 2.75) is 38.3 Å². The Balaban J connectivity index is 1.27. The van der Waals surface area contributed by atoms with Gasteiger partial charge in [-0.3, -0.25) is 9.78 Å². The van der Waals surface area contributed by atoms with Crippen LogP contribution in [-0.4, -0.2) is 50.1 Å². The monoisotopic (exact) mass is 424 g/mol. The van der Waals surface area contributed by atoms with Gasteiger partial charge in [0.2, 0.25) is 5.91 Å². The minimum Gasteiger partial charge on any atom is -0.385 e. The predicted molar refractivity (Wildman–Crippen MR) is 113 cm³/mol. The summed E-state index contributed by atoms with van der Waals surface area (Å²) in [6, 6.07) is 4.15. The molecule has 2 fully saturated rings. The number of hydrogen-bond acceptors (Lipinski definition) is 6. The molecule has 3 atom stereocenters. The first kappa shape index (κ1) is 19.9. The summed E-state index contributed by atoms with van der Waals surface area (Å²) < 4.78 is 13.1. The zero-order valence-corrected chi connectivity index (χ0v) is 17.3. The molecule has 3 N–H and O–H groups in total. The molecule has 4 heterocycles. The van der Waals surface area contributed by atoms with Crippen LogP contribution in [0.2, 0.25) is 0 Å². The van der Waals surface area contributed by atoms with Crippen LogP contribution in [0.3, 0.4) is 0 Å². The third-order valence-electron chi connectivity index (χ3n) is 6.67. The Morgan fingerprint density at radius 3 is 2.90 bits per heavy atom. The van der Waals surface area contributed by atoms with Crippen molar-refractivity contribution >= 4 is 22.8 Å². The van der Waals surface area contributed by atoms with Crippen LogP contribution in [0.1, 0.15) is 38.0 Å². The third-order valence-corrected chi connectivity index (χ3v) is 6.67. The largest absolute Gasteiger partial charge is 0.385 e. The number of aliphatic hydroxyl groups is 1. The van der Waals surface area contributed by atoms with Crippen LogP contribution >= 0.6 is 0 Å². The smallest absolute Gasteiger partial charge is 0.224 e. The van der Waals surface area contributed by atoms with E-state index in [0.717, 1.165) is 55.4 Å². The van der Waals surface area contributed by atoms with E-state index >= 15 is 0 Å². The Kier molecular flexibility index (Phi) is 4.85. The number of rotatable bonds is 5. The highest BCUT2D eigenvalue weighted by Gasteiger charge is 2.55. The summed E-state index contributed by atoms with van der Waals surface area (Å²) in [6.07, 6.45) is 6.22. The maximum Gasteiger partial charge on any atom is 0.224 e. The zero-order chi connectivity index (χ0) is 21.6. The summed E-state index contributed by atoms with van der Waals surface area (Å²) in [4.78, 5) is 31.2. The van der Waals surface area contributed by atoms with Crippen molar-refractivity contribution < 1.29 is 14.3 Å². The van der Waals surface area contributed by atoms with Crippen molar-refractivity contribution in [3.63, 3.8) is 0 Å². The van der Waals surface area contributed by atoms with E-state index in [1.54, 1.807) is 13.3 Å². The van der Waals surface area contributed by atoms with Crippen LogP contribution in [-0.2, 0) is 4.79 Å². The number of nitrogens with zero attached hydrogens (tertiary/aromatic N) is 4. The number of fused-ring (bicyclic) bond motifs is 1. The van der Waals surface area contributed by atoms with Gasteiger partial charge < -0.3 is 20.3 Å². The zero-order valence-electron chi connectivity index (χ0n) is 17.3. The standard InChI is InChI=1S/C22H25FN6O2/c1-13(18(30)17-3-2-14(23)10-25-17)28-21(31)16-5-9-29(11-22(16)6-7-22)20-15-4-8-24-19(15)26-12-27-20/h2-4,8,10,12-13,16,18,30H,5-7,9,11H2,1H3,(H,28,31)(H,24,26,27)/t13-,16?,18-/m0/s1. The fourth-order valence-corrected chi connectivity index (χ4v) is 4.75. The number of piperidine rings is 1. The number of halogens is 1. The molecular formula is C22H25FN6O2. The van der Waals surface area contributed by atoms with Crippen LogP contribution in [0.15, 0.2) is 36.9 Å². The molecule has 1 saturated carbocycles. The number of anilines is 1. The lowest BCUT2D eigenvalue weighted by Crippen LogP contribution is -2.50. The number of hydrogen-bond donors (Lipinski definition) is 3. The number of amides is 1. The van der Waals surface area contributed by atoms with Gasteiger partial charge in [-0.15, -0.1) is 0 Å². The quantitative estimate of drug-likeness (QED) is 0.580. The number of nitrogens with one attached hydrogen (secondary N) is 2. The van der Waals surface area contributed by atoms with Crippen molar-refractivity contribution in [3.05, 3.63) is 48.4 Å². The van der Waals surface area contributed by atoms with Gasteiger partial charge in [0, 0.05) is 25.2 Å². The highest BCUT2D eigenvalue weighted by Crippen LogP contribution is 2.56. The molecule has 1 spiro atoms. The fraction of sp³-hybridized carbons (Fsp3) is 0.455. The van der Waals surface area contributed by atoms with Crippen LogP contribution in [0.5, 0.6) is 0 Å². The molecule has 1 unspecified atom stereocenters. The van der Waals surface area contributed by atoms with Crippen LogP contribution in [0.4, 0.5) is 10.2 Å². The van der Waals surface area contributed by atoms with Crippen molar-refractivity contribution in [2.24, 2.45) is 11.3 Å². The minimum absolute atomic E-state index is 0.0414. The van der Waals surface area contributed by atoms with Gasteiger partial charge in [-0.2, -0.15) is 0 Å². The van der Waals surface area contributed by atoms with Gasteiger partial charge in [0.05, 0.1) is 23.3 Å². The first-order valence-electron chi connectivity index (χ1n) is 10.6. The number of H-pyrrole nitrogens is 1. The van der Waals surface area contributed by atoms with Gasteiger partial charge in [-0.25, -0.2) is 14.4 Å². The van der Waals surface area contributed by atoms with Crippen LogP contribution in [0.25, 0.3) is 11.0 Å². The molecule has 0 bridgehead atoms. The lowest BCUT2D eigenvalue weighted by molar-refractivity contribution is -0.129. The van der Waals surface area contributed by atoms with Crippen LogP contribution in [0, 0.1) is 17.2 Å². The maximum atomic E-state index is 13.1. The Bertz CT molecular complexity index is 1100. The Morgan fingerprint density at radius 1 is 1.32 bits per heavy atom. The second-order valence-electron chi connectivity index (χ2n) is 8.71. The van der Waals surface area contributed by atoms with E-state index in [2.05, 4.69) is 30.2 Å². The number of aromatic nitrogens is 4. The van der Waals surface area contributed by atoms with Gasteiger partial charge >= 0.3 is 0 Å². The van der Waals surface area contributed by atoms with E-state index in [-0.39, 0.29) is 17.2 Å². The van der Waals surface area contributed by atoms with Crippen LogP contribution < -0.4 is 10.2 Å². The minimum atomic E-state index is -0.998. The SMILES string of the molecule is C[C@H](NC(=O)C1CCN(c2ncnc3[nH]ccc23)CC12CC2)[C@H](O)c1ccc(F)cn1. The number of carbonyl (C=O) groups excluding carboxylic acids is 1. The maximum absolute atomic E-state index is 13.1. The van der Waals surface area contributed by atoms with E-state index in [0.29, 0.717) is 5.69 Å². The Labute approximate surface area is 178 Å². The average molecular weight is 424 g/mol. The average Bonchev–Trinajstić information content (AvgIpc) is 3.34. The summed E-state index contributed by atoms with van der Waals surface area (Å²) in [5.74, 6) is 0.293. The van der Waals surface area contributed by atoms with E-state index in [1.807, 2.05) is 12.3 Å². The van der Waals surface area contributed by atoms with Gasteiger partial charge in [0.1, 0.15) is 29.7 Å². The molecule has 3 aromatic heterocycles. The normalized spacial score (nSPS) is 21.8. The first-order valence-corrected chi connectivity index (χ1v) is 10.6. The first-order chi connectivity index (χ1) is 15.0. The molecule has 8 nitrogen and oxygen atoms in total. The number of aromatic amines is 1. The summed E-state index contributed by atoms with van der Waals surface area (Å²) >= 11 is 0. The summed E-state index contributed by atoms with van der Waals surface area (Å²) in [6.45, 7) is 3.25. The highest BCUT2D eigenvalue weighted by molar-refractivity contribution is 5.87. The van der Waals surface area contributed by atoms with Gasteiger partial charge in [-0.1, -0.05) is 0 Å². The lowest BCUT2D eigenvalue weighted by atomic mass is 9.81. The molecule has 0 radical (unpaired) electrons. The van der Waals surface area contributed by atoms with E-state index < -0.39 is 18.0 Å². The van der Waals surface area contributed by atoms with Crippen molar-refractivity contribution in [3.8, 4) is 0 Å². The van der Waals surface area contributed by atoms with Crippen molar-refractivity contribution in [2.75, 3.05) is 18.0 Å². The molecule has 162 valence electrons. The van der Waals surface area contributed by atoms with Crippen molar-refractivity contribution in [1.29, 1.82) is 0 Å². The molecule has 2 aliphatic rings. The molecule has 1 aliphatic heterocycles. The molecule has 3 aromatic rings. The summed E-state index contributed by atoms with van der Waals surface area (Å²) in [7, 11) is 0. The molecule has 9 heteroatoms. The van der Waals surface area contributed by atoms with Crippen molar-refractivity contribution in [1.82, 2.24) is 25.3 Å². The topological polar surface area (TPSA) is 107 Å². The lowest BCUT2D eigenvalue weighted by Gasteiger charge is -2.39. The Hall–Kier alpha value is -3.07. The summed E-state index contributed by atoms with van der Waals surface area (Å²) in [5, 5.41) is 14.5. The number of aliphatic hydroxyl groups excluding tert-OH is 1. The van der Waals surface area contributed by atoms with Gasteiger partial charge in [0.15, 0.2) is 0 Å². The molecule has 1 saturated heterocycles. The second kappa shape index (κ2) is 7.56. The number of pyridine rings is 1. The van der Waals surface area contributed by atoms with Gasteiger partial charge in [0.25, 0.3) is 0 Å². The van der Waals surface area contributed by atoms with E-state index in [1.165, 1.54) is 12.1 Å². The van der Waals surface area contributed by atoms with E-state index in [9.17, 15) is 14.3 Å². The van der Waals surface area contributed by atoms with Gasteiger partial charge in [-0.05, 0) is 49.8 Å². The second-order valence-corrected chi connectivity index (χ2v) is 8.71. The highest BCUT2D eigenvalue weighted by atomic mass is 19.1.